The van der Waals surface area contributed by atoms with Crippen LogP contribution in [-0.4, -0.2) is 33.8 Å². The summed E-state index contributed by atoms with van der Waals surface area (Å²) in [6, 6.07) is 7.84. The van der Waals surface area contributed by atoms with Gasteiger partial charge in [0.2, 0.25) is 10.0 Å². The van der Waals surface area contributed by atoms with E-state index in [2.05, 4.69) is 15.1 Å². The number of aryl methyl sites for hydroxylation is 1. The number of rotatable bonds is 5. The van der Waals surface area contributed by atoms with Crippen molar-refractivity contribution >= 4 is 21.5 Å². The summed E-state index contributed by atoms with van der Waals surface area (Å²) < 4.78 is 24.5. The second-order valence-corrected chi connectivity index (χ2v) is 8.05. The molecule has 9 heteroatoms. The van der Waals surface area contributed by atoms with Crippen LogP contribution in [0.5, 0.6) is 0 Å². The van der Waals surface area contributed by atoms with Crippen LogP contribution >= 0.6 is 0 Å². The number of nitrogens with two attached hydrogens (primary N) is 1. The summed E-state index contributed by atoms with van der Waals surface area (Å²) in [5, 5.41) is 9.49. The number of hydrogen-bond donors (Lipinski definition) is 1. The zero-order valence-corrected chi connectivity index (χ0v) is 14.9. The van der Waals surface area contributed by atoms with Crippen LogP contribution in [0.15, 0.2) is 35.2 Å². The topological polar surface area (TPSA) is 120 Å². The smallest absolute Gasteiger partial charge is 0.238 e. The van der Waals surface area contributed by atoms with Crippen molar-refractivity contribution in [1.82, 2.24) is 19.6 Å². The molecule has 0 bridgehead atoms. The van der Waals surface area contributed by atoms with E-state index in [0.29, 0.717) is 28.6 Å². The summed E-state index contributed by atoms with van der Waals surface area (Å²) in [6.07, 6.45) is 2.16. The zero-order chi connectivity index (χ0) is 18.5. The number of sulfonamides is 1. The number of aromatic nitrogens is 4. The molecule has 2 aromatic heterocycles. The highest BCUT2D eigenvalue weighted by Crippen LogP contribution is 2.31. The standard InChI is InChI=1S/C17H17N5O3S/c1-10-19-16-9-13(8-15(23)11-2-3-11)20-17(22(16)21-10)12-4-6-14(7-5-12)26(18,24)25/h4-7,9,11H,2-3,8H2,1H3,(H2,18,24,25). The summed E-state index contributed by atoms with van der Waals surface area (Å²) >= 11 is 0. The number of benzene rings is 1. The van der Waals surface area contributed by atoms with Crippen molar-refractivity contribution in [3.63, 3.8) is 0 Å². The van der Waals surface area contributed by atoms with Crippen molar-refractivity contribution in [3.05, 3.63) is 41.9 Å². The summed E-state index contributed by atoms with van der Waals surface area (Å²) in [6.45, 7) is 1.77. The lowest BCUT2D eigenvalue weighted by atomic mass is 10.1. The predicted molar refractivity (Wildman–Crippen MR) is 93.8 cm³/mol. The lowest BCUT2D eigenvalue weighted by Gasteiger charge is -2.08. The van der Waals surface area contributed by atoms with E-state index in [9.17, 15) is 13.2 Å². The Kier molecular flexibility index (Phi) is 3.85. The molecule has 0 spiro atoms. The second kappa shape index (κ2) is 5.96. The average molecular weight is 371 g/mol. The minimum Gasteiger partial charge on any atom is -0.299 e. The molecule has 134 valence electrons. The molecule has 2 N–H and O–H groups in total. The minimum absolute atomic E-state index is 0.0207. The van der Waals surface area contributed by atoms with Crippen molar-refractivity contribution in [3.8, 4) is 11.4 Å². The summed E-state index contributed by atoms with van der Waals surface area (Å²) in [4.78, 5) is 21.1. The second-order valence-electron chi connectivity index (χ2n) is 6.49. The van der Waals surface area contributed by atoms with Crippen LogP contribution < -0.4 is 5.14 Å². The van der Waals surface area contributed by atoms with E-state index in [0.717, 1.165) is 12.8 Å². The van der Waals surface area contributed by atoms with Gasteiger partial charge in [-0.2, -0.15) is 4.52 Å². The van der Waals surface area contributed by atoms with Crippen LogP contribution in [0.25, 0.3) is 17.0 Å². The molecule has 26 heavy (non-hydrogen) atoms. The minimum atomic E-state index is -3.77. The maximum atomic E-state index is 12.2. The quantitative estimate of drug-likeness (QED) is 0.721. The molecule has 1 saturated carbocycles. The fraction of sp³-hybridized carbons (Fsp3) is 0.294. The third kappa shape index (κ3) is 3.23. The number of primary sulfonamides is 1. The Morgan fingerprint density at radius 1 is 1.23 bits per heavy atom. The van der Waals surface area contributed by atoms with Crippen molar-refractivity contribution in [1.29, 1.82) is 0 Å². The Morgan fingerprint density at radius 3 is 2.54 bits per heavy atom. The molecule has 0 radical (unpaired) electrons. The highest BCUT2D eigenvalue weighted by atomic mass is 32.2. The first-order chi connectivity index (χ1) is 12.3. The van der Waals surface area contributed by atoms with Crippen LogP contribution in [0, 0.1) is 12.8 Å². The molecule has 1 aliphatic carbocycles. The molecule has 4 rings (SSSR count). The van der Waals surface area contributed by atoms with E-state index in [4.69, 9.17) is 5.14 Å². The van der Waals surface area contributed by atoms with E-state index in [-0.39, 0.29) is 23.0 Å². The van der Waals surface area contributed by atoms with Crippen molar-refractivity contribution in [2.75, 3.05) is 0 Å². The summed E-state index contributed by atoms with van der Waals surface area (Å²) in [7, 11) is -3.77. The third-order valence-corrected chi connectivity index (χ3v) is 5.24. The van der Waals surface area contributed by atoms with Gasteiger partial charge in [0.05, 0.1) is 10.6 Å². The van der Waals surface area contributed by atoms with Crippen LogP contribution in [0.4, 0.5) is 0 Å². The van der Waals surface area contributed by atoms with Crippen LogP contribution in [0.1, 0.15) is 24.4 Å². The first kappa shape index (κ1) is 16.8. The van der Waals surface area contributed by atoms with Gasteiger partial charge in [0, 0.05) is 24.0 Å². The molecule has 2 heterocycles. The van der Waals surface area contributed by atoms with Crippen molar-refractivity contribution < 1.29 is 13.2 Å². The number of Topliss-reactive ketones (excluding diaryl/α,β-unsaturated/α-hetero) is 1. The van der Waals surface area contributed by atoms with Gasteiger partial charge in [0.25, 0.3) is 0 Å². The molecule has 1 aliphatic rings. The maximum Gasteiger partial charge on any atom is 0.238 e. The SMILES string of the molecule is Cc1nc2cc(CC(=O)C3CC3)nc(-c3ccc(S(N)(=O)=O)cc3)n2n1. The largest absolute Gasteiger partial charge is 0.299 e. The van der Waals surface area contributed by atoms with Gasteiger partial charge >= 0.3 is 0 Å². The van der Waals surface area contributed by atoms with Gasteiger partial charge in [0.1, 0.15) is 11.6 Å². The molecule has 0 aliphatic heterocycles. The Bertz CT molecular complexity index is 1120. The van der Waals surface area contributed by atoms with Crippen LogP contribution in [0.3, 0.4) is 0 Å². The van der Waals surface area contributed by atoms with Gasteiger partial charge < -0.3 is 0 Å². The zero-order valence-electron chi connectivity index (χ0n) is 14.1. The predicted octanol–water partition coefficient (Wildman–Crippen LogP) is 1.27. The highest BCUT2D eigenvalue weighted by molar-refractivity contribution is 7.89. The van der Waals surface area contributed by atoms with E-state index in [1.165, 1.54) is 12.1 Å². The Balaban J connectivity index is 1.80. The lowest BCUT2D eigenvalue weighted by molar-refractivity contribution is -0.119. The lowest BCUT2D eigenvalue weighted by Crippen LogP contribution is -2.12. The van der Waals surface area contributed by atoms with E-state index < -0.39 is 10.0 Å². The fourth-order valence-electron chi connectivity index (χ4n) is 2.84. The van der Waals surface area contributed by atoms with Gasteiger partial charge in [-0.15, -0.1) is 5.10 Å². The number of fused-ring (bicyclic) bond motifs is 1. The molecule has 1 aromatic carbocycles. The maximum absolute atomic E-state index is 12.2. The van der Waals surface area contributed by atoms with Crippen molar-refractivity contribution in [2.24, 2.45) is 11.1 Å². The molecule has 1 fully saturated rings. The number of nitrogens with zero attached hydrogens (tertiary/aromatic N) is 4. The van der Waals surface area contributed by atoms with Gasteiger partial charge in [-0.25, -0.2) is 23.5 Å². The summed E-state index contributed by atoms with van der Waals surface area (Å²) in [5.41, 5.74) is 1.89. The number of carbonyl (C=O) groups is 1. The molecular formula is C17H17N5O3S. The normalized spacial score (nSPS) is 14.7. The molecule has 0 amide bonds. The van der Waals surface area contributed by atoms with E-state index in [1.807, 2.05) is 0 Å². The molecule has 0 saturated heterocycles. The first-order valence-corrected chi connectivity index (χ1v) is 9.75. The number of carbonyl (C=O) groups excluding carboxylic acids is 1. The number of hydrogen-bond acceptors (Lipinski definition) is 6. The van der Waals surface area contributed by atoms with Gasteiger partial charge in [-0.1, -0.05) is 0 Å². The van der Waals surface area contributed by atoms with Gasteiger partial charge in [0.15, 0.2) is 11.5 Å². The highest BCUT2D eigenvalue weighted by Gasteiger charge is 2.29. The monoisotopic (exact) mass is 371 g/mol. The molecule has 0 atom stereocenters. The Hall–Kier alpha value is -2.65. The fourth-order valence-corrected chi connectivity index (χ4v) is 3.36. The summed E-state index contributed by atoms with van der Waals surface area (Å²) in [5.74, 6) is 1.43. The van der Waals surface area contributed by atoms with Crippen molar-refractivity contribution in [2.45, 2.75) is 31.1 Å². The van der Waals surface area contributed by atoms with E-state index in [1.54, 1.807) is 29.6 Å². The van der Waals surface area contributed by atoms with E-state index >= 15 is 0 Å². The van der Waals surface area contributed by atoms with Gasteiger partial charge in [-0.3, -0.25) is 4.79 Å². The van der Waals surface area contributed by atoms with Crippen LogP contribution in [-0.2, 0) is 21.2 Å². The number of ketones is 1. The Morgan fingerprint density at radius 2 is 1.92 bits per heavy atom. The first-order valence-electron chi connectivity index (χ1n) is 8.20. The van der Waals surface area contributed by atoms with Gasteiger partial charge in [-0.05, 0) is 44.0 Å². The molecule has 3 aromatic rings. The third-order valence-electron chi connectivity index (χ3n) is 4.31. The average Bonchev–Trinajstić information content (AvgIpc) is 3.35. The van der Waals surface area contributed by atoms with Crippen LogP contribution in [0.2, 0.25) is 0 Å². The molecular weight excluding hydrogens is 354 g/mol. The Labute approximate surface area is 150 Å². The molecule has 8 nitrogen and oxygen atoms in total. The molecule has 0 unspecified atom stereocenters.